The number of aromatic amines is 1. The normalized spacial score (nSPS) is 14.0. The summed E-state index contributed by atoms with van der Waals surface area (Å²) in [6.07, 6.45) is 0.245. The Hall–Kier alpha value is -4.08. The van der Waals surface area contributed by atoms with Gasteiger partial charge in [0.15, 0.2) is 34.8 Å². The summed E-state index contributed by atoms with van der Waals surface area (Å²) >= 11 is 0. The van der Waals surface area contributed by atoms with Crippen molar-refractivity contribution in [3.63, 3.8) is 0 Å². The second-order valence-electron chi connectivity index (χ2n) is 8.22. The zero-order valence-electron chi connectivity index (χ0n) is 19.5. The van der Waals surface area contributed by atoms with E-state index in [-0.39, 0.29) is 28.4 Å². The minimum atomic E-state index is -2.14. The first kappa shape index (κ1) is 24.1. The van der Waals surface area contributed by atoms with E-state index in [1.54, 1.807) is 0 Å². The molecule has 0 bridgehead atoms. The standard InChI is InChI=1S/C25H25F2N5O3/c1-4-12-25(14(2)33,15-8-6-5-7-9-15)32-13-29-21-23(32)30-22(31-24(21)34)19(27)16-10-11-17(35-3)20(28)18(16)26/h5-11,13,19H,4,12,28H2,1-3H3,(H,30,31,34). The number of halogens is 2. The first-order valence-corrected chi connectivity index (χ1v) is 11.1. The molecule has 2 aromatic heterocycles. The number of carbonyl (C=O) groups is 1. The lowest BCUT2D eigenvalue weighted by Crippen LogP contribution is -2.41. The van der Waals surface area contributed by atoms with Crippen LogP contribution in [0.2, 0.25) is 0 Å². The molecule has 0 aliphatic heterocycles. The lowest BCUT2D eigenvalue weighted by atomic mass is 9.82. The van der Waals surface area contributed by atoms with Gasteiger partial charge < -0.3 is 15.5 Å². The van der Waals surface area contributed by atoms with Crippen LogP contribution >= 0.6 is 0 Å². The van der Waals surface area contributed by atoms with Crippen LogP contribution in [0.25, 0.3) is 11.2 Å². The number of methoxy groups -OCH3 is 1. The smallest absolute Gasteiger partial charge is 0.279 e. The third-order valence-electron chi connectivity index (χ3n) is 6.18. The fourth-order valence-electron chi connectivity index (χ4n) is 4.47. The number of H-pyrrole nitrogens is 1. The molecule has 2 unspecified atom stereocenters. The number of benzene rings is 2. The number of nitrogen functional groups attached to an aromatic ring is 1. The number of ketones is 1. The zero-order valence-corrected chi connectivity index (χ0v) is 19.5. The lowest BCUT2D eigenvalue weighted by molar-refractivity contribution is -0.123. The summed E-state index contributed by atoms with van der Waals surface area (Å²) in [5.74, 6) is -1.59. The minimum Gasteiger partial charge on any atom is -0.494 e. The summed E-state index contributed by atoms with van der Waals surface area (Å²) in [5.41, 5.74) is 3.65. The van der Waals surface area contributed by atoms with Crippen LogP contribution in [0.5, 0.6) is 5.75 Å². The number of anilines is 1. The Morgan fingerprint density at radius 3 is 2.60 bits per heavy atom. The van der Waals surface area contributed by atoms with E-state index in [1.165, 1.54) is 37.1 Å². The van der Waals surface area contributed by atoms with Gasteiger partial charge in [-0.25, -0.2) is 18.7 Å². The molecule has 0 fully saturated rings. The molecular formula is C25H25F2N5O3. The number of fused-ring (bicyclic) bond motifs is 1. The molecule has 3 N–H and O–H groups in total. The van der Waals surface area contributed by atoms with Gasteiger partial charge in [0, 0.05) is 5.56 Å². The molecule has 8 nitrogen and oxygen atoms in total. The highest BCUT2D eigenvalue weighted by atomic mass is 19.1. The van der Waals surface area contributed by atoms with Crippen molar-refractivity contribution in [2.75, 3.05) is 12.8 Å². The average molecular weight is 482 g/mol. The van der Waals surface area contributed by atoms with Gasteiger partial charge in [0.05, 0.1) is 13.4 Å². The Kier molecular flexibility index (Phi) is 6.38. The van der Waals surface area contributed by atoms with Gasteiger partial charge in [-0.05, 0) is 31.0 Å². The van der Waals surface area contributed by atoms with Crippen LogP contribution < -0.4 is 16.0 Å². The van der Waals surface area contributed by atoms with Crippen molar-refractivity contribution in [2.24, 2.45) is 0 Å². The summed E-state index contributed by atoms with van der Waals surface area (Å²) in [6, 6.07) is 11.6. The minimum absolute atomic E-state index is 0.0146. The van der Waals surface area contributed by atoms with E-state index in [4.69, 9.17) is 10.5 Å². The Morgan fingerprint density at radius 1 is 1.26 bits per heavy atom. The van der Waals surface area contributed by atoms with Crippen molar-refractivity contribution in [1.82, 2.24) is 19.5 Å². The van der Waals surface area contributed by atoms with E-state index in [0.29, 0.717) is 18.4 Å². The van der Waals surface area contributed by atoms with E-state index < -0.39 is 34.5 Å². The highest BCUT2D eigenvalue weighted by Crippen LogP contribution is 2.36. The van der Waals surface area contributed by atoms with E-state index in [9.17, 15) is 14.0 Å². The van der Waals surface area contributed by atoms with Gasteiger partial charge in [0.25, 0.3) is 5.56 Å². The molecule has 0 saturated heterocycles. The van der Waals surface area contributed by atoms with Crippen LogP contribution in [0.1, 0.15) is 49.8 Å². The second-order valence-corrected chi connectivity index (χ2v) is 8.22. The SMILES string of the molecule is CCCC(C(C)=O)(c1ccccc1)n1cnc2c(=O)[nH]c(C(F)c3ccc(OC)c(N)c3F)nc21. The van der Waals surface area contributed by atoms with Crippen LogP contribution in [0.4, 0.5) is 14.5 Å². The van der Waals surface area contributed by atoms with Gasteiger partial charge >= 0.3 is 0 Å². The van der Waals surface area contributed by atoms with Crippen molar-refractivity contribution >= 4 is 22.6 Å². The Balaban J connectivity index is 1.95. The van der Waals surface area contributed by atoms with E-state index in [0.717, 1.165) is 0 Å². The first-order chi connectivity index (χ1) is 16.8. The maximum absolute atomic E-state index is 15.6. The summed E-state index contributed by atoms with van der Waals surface area (Å²) in [7, 11) is 1.32. The third kappa shape index (κ3) is 3.84. The van der Waals surface area contributed by atoms with Gasteiger partial charge in [-0.15, -0.1) is 0 Å². The molecule has 0 aliphatic rings. The van der Waals surface area contributed by atoms with Gasteiger partial charge in [0.2, 0.25) is 0 Å². The molecule has 0 saturated carbocycles. The fourth-order valence-corrected chi connectivity index (χ4v) is 4.47. The summed E-state index contributed by atoms with van der Waals surface area (Å²) in [5, 5.41) is 0. The number of carbonyl (C=O) groups excluding carboxylic acids is 1. The molecule has 4 aromatic rings. The predicted octanol–water partition coefficient (Wildman–Crippen LogP) is 4.04. The van der Waals surface area contributed by atoms with E-state index >= 15 is 4.39 Å². The largest absolute Gasteiger partial charge is 0.494 e. The van der Waals surface area contributed by atoms with Gasteiger partial charge in [-0.2, -0.15) is 0 Å². The maximum Gasteiger partial charge on any atom is 0.279 e. The topological polar surface area (TPSA) is 116 Å². The third-order valence-corrected chi connectivity index (χ3v) is 6.18. The molecule has 0 aliphatic carbocycles. The van der Waals surface area contributed by atoms with Crippen molar-refractivity contribution in [3.8, 4) is 5.75 Å². The number of hydrogen-bond acceptors (Lipinski definition) is 6. The number of Topliss-reactive ketones (excluding diaryl/α,β-unsaturated/α-hetero) is 1. The fraction of sp³-hybridized carbons (Fsp3) is 0.280. The van der Waals surface area contributed by atoms with Crippen LogP contribution in [0.3, 0.4) is 0 Å². The van der Waals surface area contributed by atoms with Crippen molar-refractivity contribution in [2.45, 2.75) is 38.4 Å². The molecule has 0 spiro atoms. The highest BCUT2D eigenvalue weighted by molar-refractivity contribution is 5.90. The second kappa shape index (κ2) is 9.28. The maximum atomic E-state index is 15.6. The zero-order chi connectivity index (χ0) is 25.3. The van der Waals surface area contributed by atoms with Gasteiger partial charge in [-0.1, -0.05) is 43.7 Å². The predicted molar refractivity (Wildman–Crippen MR) is 128 cm³/mol. The molecule has 2 heterocycles. The monoisotopic (exact) mass is 481 g/mol. The van der Waals surface area contributed by atoms with E-state index in [1.807, 2.05) is 37.3 Å². The number of hydrogen-bond donors (Lipinski definition) is 2. The number of nitrogens with one attached hydrogen (secondary N) is 1. The molecule has 10 heteroatoms. The van der Waals surface area contributed by atoms with E-state index in [2.05, 4.69) is 15.0 Å². The molecule has 4 rings (SSSR count). The number of aromatic nitrogens is 4. The highest BCUT2D eigenvalue weighted by Gasteiger charge is 2.40. The molecular weight excluding hydrogens is 456 g/mol. The number of imidazole rings is 1. The van der Waals surface area contributed by atoms with Crippen molar-refractivity contribution in [1.29, 1.82) is 0 Å². The number of alkyl halides is 1. The number of rotatable bonds is 8. The molecule has 0 amide bonds. The number of nitrogens with zero attached hydrogens (tertiary/aromatic N) is 3. The first-order valence-electron chi connectivity index (χ1n) is 11.1. The Morgan fingerprint density at radius 2 is 1.97 bits per heavy atom. The molecule has 2 aromatic carbocycles. The van der Waals surface area contributed by atoms with Gasteiger partial charge in [0.1, 0.15) is 17.0 Å². The Labute approximate surface area is 199 Å². The molecule has 0 radical (unpaired) electrons. The van der Waals surface area contributed by atoms with Gasteiger partial charge in [-0.3, -0.25) is 14.2 Å². The molecule has 35 heavy (non-hydrogen) atoms. The molecule has 2 atom stereocenters. The van der Waals surface area contributed by atoms with Crippen LogP contribution in [0.15, 0.2) is 53.6 Å². The summed E-state index contributed by atoms with van der Waals surface area (Å²) in [6.45, 7) is 3.38. The number of nitrogens with two attached hydrogens (primary N) is 1. The van der Waals surface area contributed by atoms with Crippen LogP contribution in [-0.4, -0.2) is 32.4 Å². The van der Waals surface area contributed by atoms with Crippen LogP contribution in [0, 0.1) is 5.82 Å². The summed E-state index contributed by atoms with van der Waals surface area (Å²) < 4.78 is 36.8. The van der Waals surface area contributed by atoms with Crippen LogP contribution in [-0.2, 0) is 10.3 Å². The van der Waals surface area contributed by atoms with Crippen molar-refractivity contribution < 1.29 is 18.3 Å². The van der Waals surface area contributed by atoms with Crippen molar-refractivity contribution in [3.05, 3.63) is 81.9 Å². The Bertz CT molecular complexity index is 1450. The average Bonchev–Trinajstić information content (AvgIpc) is 3.29. The lowest BCUT2D eigenvalue weighted by Gasteiger charge is -2.33. The quantitative estimate of drug-likeness (QED) is 0.367. The number of ether oxygens (including phenoxy) is 1. The molecule has 182 valence electrons. The summed E-state index contributed by atoms with van der Waals surface area (Å²) in [4.78, 5) is 36.8.